The van der Waals surface area contributed by atoms with Crippen LogP contribution >= 0.6 is 24.0 Å². The predicted molar refractivity (Wildman–Crippen MR) is 130 cm³/mol. The third-order valence-electron chi connectivity index (χ3n) is 5.96. The van der Waals surface area contributed by atoms with Gasteiger partial charge in [-0.1, -0.05) is 25.7 Å². The van der Waals surface area contributed by atoms with Crippen LogP contribution in [0, 0.1) is 5.92 Å². The summed E-state index contributed by atoms with van der Waals surface area (Å²) in [6, 6.07) is 0. The highest BCUT2D eigenvalue weighted by Gasteiger charge is 2.22. The zero-order valence-corrected chi connectivity index (χ0v) is 20.5. The molecule has 0 aromatic heterocycles. The fourth-order valence-electron chi connectivity index (χ4n) is 4.13. The molecular weight excluding hydrogens is 481 g/mol. The Morgan fingerprint density at radius 1 is 1.03 bits per heavy atom. The Kier molecular flexibility index (Phi) is 14.7. The van der Waals surface area contributed by atoms with Gasteiger partial charge < -0.3 is 26.0 Å². The summed E-state index contributed by atoms with van der Waals surface area (Å²) < 4.78 is 6.01. The van der Waals surface area contributed by atoms with Crippen LogP contribution in [0.5, 0.6) is 0 Å². The third-order valence-corrected chi connectivity index (χ3v) is 5.96. The molecule has 0 spiro atoms. The van der Waals surface area contributed by atoms with Gasteiger partial charge in [0.1, 0.15) is 0 Å². The van der Waals surface area contributed by atoms with E-state index in [0.717, 1.165) is 71.0 Å². The van der Waals surface area contributed by atoms with Crippen LogP contribution in [0.1, 0.15) is 64.2 Å². The average molecular weight is 524 g/mol. The molecule has 0 atom stereocenters. The van der Waals surface area contributed by atoms with Gasteiger partial charge >= 0.3 is 0 Å². The number of nitrogens with one attached hydrogen (secondary N) is 2. The molecule has 7 nitrogen and oxygen atoms in total. The minimum absolute atomic E-state index is 0. The van der Waals surface area contributed by atoms with Crippen LogP contribution in [-0.4, -0.2) is 69.2 Å². The second-order valence-corrected chi connectivity index (χ2v) is 8.14. The topological polar surface area (TPSA) is 92.0 Å². The number of amides is 1. The molecule has 2 fully saturated rings. The summed E-state index contributed by atoms with van der Waals surface area (Å²) in [5.74, 6) is 0.799. The standard InChI is InChI=1S/C21H41N5O2.HI/c1-23-21(25-13-17-28-19-8-4-2-3-5-9-19)24-12-6-7-14-26-15-10-18(11-16-26)20(22)27;/h18-19H,2-17H2,1H3,(H2,22,27)(H2,23,24,25);1H. The highest BCUT2D eigenvalue weighted by molar-refractivity contribution is 14.0. The molecule has 0 unspecified atom stereocenters. The molecule has 2 rings (SSSR count). The number of ether oxygens (including phenoxy) is 1. The average Bonchev–Trinajstić information content (AvgIpc) is 2.98. The van der Waals surface area contributed by atoms with Gasteiger partial charge in [0.2, 0.25) is 5.91 Å². The first kappa shape index (κ1) is 26.4. The maximum absolute atomic E-state index is 11.2. The highest BCUT2D eigenvalue weighted by Crippen LogP contribution is 2.19. The van der Waals surface area contributed by atoms with Crippen LogP contribution < -0.4 is 16.4 Å². The summed E-state index contributed by atoms with van der Waals surface area (Å²) in [7, 11) is 1.81. The molecule has 2 aliphatic rings. The van der Waals surface area contributed by atoms with Crippen LogP contribution in [0.2, 0.25) is 0 Å². The molecule has 1 amide bonds. The molecule has 29 heavy (non-hydrogen) atoms. The van der Waals surface area contributed by atoms with E-state index in [2.05, 4.69) is 20.5 Å². The molecular formula is C21H42IN5O2. The molecule has 0 radical (unpaired) electrons. The van der Waals surface area contributed by atoms with E-state index in [1.807, 2.05) is 7.05 Å². The number of halogens is 1. The fourth-order valence-corrected chi connectivity index (χ4v) is 4.13. The summed E-state index contributed by atoms with van der Waals surface area (Å²) in [4.78, 5) is 17.9. The van der Waals surface area contributed by atoms with Gasteiger partial charge in [0.05, 0.1) is 12.7 Å². The molecule has 0 aromatic carbocycles. The first-order valence-electron chi connectivity index (χ1n) is 11.3. The van der Waals surface area contributed by atoms with Crippen LogP contribution in [0.15, 0.2) is 4.99 Å². The van der Waals surface area contributed by atoms with Gasteiger partial charge in [-0.25, -0.2) is 0 Å². The van der Waals surface area contributed by atoms with Crippen LogP contribution in [0.4, 0.5) is 0 Å². The monoisotopic (exact) mass is 523 g/mol. The number of nitrogens with two attached hydrogens (primary N) is 1. The van der Waals surface area contributed by atoms with E-state index >= 15 is 0 Å². The molecule has 0 aromatic rings. The molecule has 0 bridgehead atoms. The van der Waals surface area contributed by atoms with Crippen molar-refractivity contribution in [1.82, 2.24) is 15.5 Å². The first-order valence-corrected chi connectivity index (χ1v) is 11.3. The third kappa shape index (κ3) is 11.4. The Labute approximate surface area is 194 Å². The molecule has 1 aliphatic heterocycles. The number of primary amides is 1. The van der Waals surface area contributed by atoms with Crippen molar-refractivity contribution in [3.63, 3.8) is 0 Å². The Bertz CT molecular complexity index is 462. The number of aliphatic imine (C=N–C) groups is 1. The summed E-state index contributed by atoms with van der Waals surface area (Å²) >= 11 is 0. The van der Waals surface area contributed by atoms with E-state index in [-0.39, 0.29) is 35.8 Å². The van der Waals surface area contributed by atoms with Crippen molar-refractivity contribution < 1.29 is 9.53 Å². The maximum atomic E-state index is 11.2. The smallest absolute Gasteiger partial charge is 0.220 e. The summed E-state index contributed by atoms with van der Waals surface area (Å²) in [5, 5.41) is 6.72. The molecule has 1 aliphatic carbocycles. The summed E-state index contributed by atoms with van der Waals surface area (Å²) in [6.45, 7) is 5.53. The van der Waals surface area contributed by atoms with Crippen LogP contribution in [-0.2, 0) is 9.53 Å². The lowest BCUT2D eigenvalue weighted by atomic mass is 9.96. The predicted octanol–water partition coefficient (Wildman–Crippen LogP) is 2.49. The maximum Gasteiger partial charge on any atom is 0.220 e. The van der Waals surface area contributed by atoms with E-state index < -0.39 is 0 Å². The number of rotatable bonds is 10. The van der Waals surface area contributed by atoms with Crippen molar-refractivity contribution in [3.8, 4) is 0 Å². The van der Waals surface area contributed by atoms with E-state index in [4.69, 9.17) is 10.5 Å². The van der Waals surface area contributed by atoms with Gasteiger partial charge in [-0.3, -0.25) is 9.79 Å². The summed E-state index contributed by atoms with van der Waals surface area (Å²) in [6.07, 6.45) is 12.3. The van der Waals surface area contributed by atoms with Gasteiger partial charge in [0, 0.05) is 26.1 Å². The number of piperidine rings is 1. The second kappa shape index (κ2) is 16.1. The number of unbranched alkanes of at least 4 members (excludes halogenated alkanes) is 1. The molecule has 170 valence electrons. The van der Waals surface area contributed by atoms with Gasteiger partial charge in [0.25, 0.3) is 0 Å². The van der Waals surface area contributed by atoms with Crippen molar-refractivity contribution in [2.24, 2.45) is 16.6 Å². The Balaban J connectivity index is 0.00000420. The SMILES string of the molecule is CN=C(NCCCCN1CCC(C(N)=O)CC1)NCCOC1CCCCCC1.I. The van der Waals surface area contributed by atoms with E-state index in [1.165, 1.54) is 38.5 Å². The number of nitrogens with zero attached hydrogens (tertiary/aromatic N) is 2. The van der Waals surface area contributed by atoms with Crippen LogP contribution in [0.25, 0.3) is 0 Å². The van der Waals surface area contributed by atoms with Crippen molar-refractivity contribution in [2.45, 2.75) is 70.3 Å². The molecule has 8 heteroatoms. The zero-order chi connectivity index (χ0) is 20.0. The lowest BCUT2D eigenvalue weighted by Crippen LogP contribution is -2.40. The number of carbonyl (C=O) groups excluding carboxylic acids is 1. The highest BCUT2D eigenvalue weighted by atomic mass is 127. The van der Waals surface area contributed by atoms with Gasteiger partial charge in [-0.05, 0) is 58.2 Å². The Morgan fingerprint density at radius 3 is 2.31 bits per heavy atom. The van der Waals surface area contributed by atoms with Crippen molar-refractivity contribution in [2.75, 3.05) is 46.4 Å². The molecule has 1 heterocycles. The van der Waals surface area contributed by atoms with Crippen LogP contribution in [0.3, 0.4) is 0 Å². The second-order valence-electron chi connectivity index (χ2n) is 8.14. The quantitative estimate of drug-likeness (QED) is 0.135. The summed E-state index contributed by atoms with van der Waals surface area (Å²) in [5.41, 5.74) is 5.39. The van der Waals surface area contributed by atoms with Crippen molar-refractivity contribution in [1.29, 1.82) is 0 Å². The lowest BCUT2D eigenvalue weighted by molar-refractivity contribution is -0.123. The number of guanidine groups is 1. The van der Waals surface area contributed by atoms with Crippen molar-refractivity contribution in [3.05, 3.63) is 0 Å². The molecule has 1 saturated heterocycles. The number of hydrogen-bond acceptors (Lipinski definition) is 4. The van der Waals surface area contributed by atoms with E-state index in [1.54, 1.807) is 0 Å². The van der Waals surface area contributed by atoms with Gasteiger partial charge in [0.15, 0.2) is 5.96 Å². The largest absolute Gasteiger partial charge is 0.376 e. The normalized spacial score (nSPS) is 20.0. The van der Waals surface area contributed by atoms with E-state index in [0.29, 0.717) is 6.10 Å². The van der Waals surface area contributed by atoms with Crippen molar-refractivity contribution >= 4 is 35.8 Å². The lowest BCUT2D eigenvalue weighted by Gasteiger charge is -2.30. The molecule has 1 saturated carbocycles. The minimum Gasteiger partial charge on any atom is -0.376 e. The fraction of sp³-hybridized carbons (Fsp3) is 0.905. The zero-order valence-electron chi connectivity index (χ0n) is 18.2. The Hall–Kier alpha value is -0.610. The molecule has 4 N–H and O–H groups in total. The first-order chi connectivity index (χ1) is 13.7. The van der Waals surface area contributed by atoms with Gasteiger partial charge in [-0.2, -0.15) is 0 Å². The number of carbonyl (C=O) groups is 1. The minimum atomic E-state index is -0.137. The number of hydrogen-bond donors (Lipinski definition) is 3. The Morgan fingerprint density at radius 2 is 1.69 bits per heavy atom. The van der Waals surface area contributed by atoms with E-state index in [9.17, 15) is 4.79 Å². The number of likely N-dealkylation sites (tertiary alicyclic amines) is 1. The van der Waals surface area contributed by atoms with Gasteiger partial charge in [-0.15, -0.1) is 24.0 Å².